The molecule has 31 heavy (non-hydrogen) atoms. The average molecular weight is 417 g/mol. The summed E-state index contributed by atoms with van der Waals surface area (Å²) in [5.41, 5.74) is 7.54. The molecule has 0 aliphatic carbocycles. The predicted molar refractivity (Wildman–Crippen MR) is 119 cm³/mol. The molecule has 5 rings (SSSR count). The van der Waals surface area contributed by atoms with Crippen LogP contribution in [0.1, 0.15) is 32.9 Å². The molecule has 2 amide bonds. The lowest BCUT2D eigenvalue weighted by molar-refractivity contribution is 0.0739. The Balaban J connectivity index is 1.21. The van der Waals surface area contributed by atoms with Crippen molar-refractivity contribution in [3.8, 4) is 0 Å². The van der Waals surface area contributed by atoms with Crippen LogP contribution in [0, 0.1) is 18.3 Å². The smallest absolute Gasteiger partial charge is 0.290 e. The summed E-state index contributed by atoms with van der Waals surface area (Å²) in [5, 5.41) is 0.596. The van der Waals surface area contributed by atoms with Gasteiger partial charge in [-0.25, -0.2) is 0 Å². The van der Waals surface area contributed by atoms with Crippen molar-refractivity contribution in [2.75, 3.05) is 32.7 Å². The van der Waals surface area contributed by atoms with Crippen molar-refractivity contribution in [2.24, 2.45) is 17.6 Å². The zero-order chi connectivity index (χ0) is 21.4. The highest BCUT2D eigenvalue weighted by atomic mass is 16.3. The maximum absolute atomic E-state index is 13.2. The third-order valence-corrected chi connectivity index (χ3v) is 6.51. The molecule has 0 saturated carbocycles. The van der Waals surface area contributed by atoms with Gasteiger partial charge in [0.05, 0.1) is 5.56 Å². The van der Waals surface area contributed by atoms with Gasteiger partial charge < -0.3 is 20.0 Å². The van der Waals surface area contributed by atoms with Crippen molar-refractivity contribution < 1.29 is 14.0 Å². The number of hydrogen-bond acceptors (Lipinski definition) is 4. The number of hydrogen-bond donors (Lipinski definition) is 1. The molecule has 3 aromatic rings. The van der Waals surface area contributed by atoms with Crippen LogP contribution in [0.25, 0.3) is 11.0 Å². The number of furan rings is 1. The van der Waals surface area contributed by atoms with Crippen LogP contribution in [0.4, 0.5) is 0 Å². The predicted octanol–water partition coefficient (Wildman–Crippen LogP) is 3.18. The Kier molecular flexibility index (Phi) is 5.24. The Morgan fingerprint density at radius 1 is 0.968 bits per heavy atom. The monoisotopic (exact) mass is 416 g/mol. The van der Waals surface area contributed by atoms with Crippen LogP contribution in [0.2, 0.25) is 0 Å². The summed E-state index contributed by atoms with van der Waals surface area (Å²) >= 11 is 0. The molecule has 6 nitrogen and oxygen atoms in total. The fourth-order valence-corrected chi connectivity index (χ4v) is 5.03. The van der Waals surface area contributed by atoms with E-state index in [2.05, 4.69) is 35.6 Å². The lowest BCUT2D eigenvalue weighted by Crippen LogP contribution is -2.34. The van der Waals surface area contributed by atoms with Crippen molar-refractivity contribution in [1.82, 2.24) is 9.80 Å². The van der Waals surface area contributed by atoms with E-state index < -0.39 is 5.91 Å². The molecule has 2 N–H and O–H groups in total. The lowest BCUT2D eigenvalue weighted by atomic mass is 10.0. The van der Waals surface area contributed by atoms with Gasteiger partial charge in [-0.3, -0.25) is 9.59 Å². The minimum atomic E-state index is -0.631. The first-order valence-electron chi connectivity index (χ1n) is 10.8. The first-order chi connectivity index (χ1) is 15.1. The van der Waals surface area contributed by atoms with Gasteiger partial charge in [-0.05, 0) is 42.9 Å². The van der Waals surface area contributed by atoms with E-state index in [1.54, 1.807) is 12.1 Å². The quantitative estimate of drug-likeness (QED) is 0.669. The van der Waals surface area contributed by atoms with Gasteiger partial charge >= 0.3 is 0 Å². The third kappa shape index (κ3) is 3.83. The number of likely N-dealkylation sites (tertiary alicyclic amines) is 2. The number of carbonyl (C=O) groups excluding carboxylic acids is 2. The minimum Gasteiger partial charge on any atom is -0.450 e. The molecule has 1 unspecified atom stereocenters. The van der Waals surface area contributed by atoms with Gasteiger partial charge in [0.1, 0.15) is 5.58 Å². The van der Waals surface area contributed by atoms with E-state index in [-0.39, 0.29) is 17.2 Å². The fourth-order valence-electron chi connectivity index (χ4n) is 5.03. The van der Waals surface area contributed by atoms with E-state index in [1.165, 1.54) is 5.56 Å². The van der Waals surface area contributed by atoms with Gasteiger partial charge in [-0.15, -0.1) is 0 Å². The first-order valence-corrected chi connectivity index (χ1v) is 10.8. The molecule has 2 aliphatic heterocycles. The third-order valence-electron chi connectivity index (χ3n) is 6.51. The highest BCUT2D eigenvalue weighted by Gasteiger charge is 2.42. The molecule has 6 heteroatoms. The maximum atomic E-state index is 13.2. The van der Waals surface area contributed by atoms with Gasteiger partial charge in [-0.2, -0.15) is 0 Å². The fraction of sp³-hybridized carbons (Fsp3) is 0.320. The highest BCUT2D eigenvalue weighted by molar-refractivity contribution is 6.13. The molecule has 2 fully saturated rings. The SMILES string of the molecule is NC(=O)c1c(C(=O)N2CC3CN(CC[CH]c4ccccc4)C[C@H]3C2)oc2ccccc12. The molecule has 2 aliphatic rings. The molecule has 0 spiro atoms. The van der Waals surface area contributed by atoms with Crippen LogP contribution in [0.5, 0.6) is 0 Å². The van der Waals surface area contributed by atoms with E-state index in [0.29, 0.717) is 35.9 Å². The standard InChI is InChI=1S/C25H26N3O3/c26-24(29)22-20-10-4-5-11-21(20)31-23(22)25(30)28-15-18-13-27(14-19(18)16-28)12-6-9-17-7-2-1-3-8-17/h1-5,7-11,18-19H,6,12-16H2,(H2,26,29)/t18-,19?/m0/s1. The van der Waals surface area contributed by atoms with Crippen molar-refractivity contribution >= 4 is 22.8 Å². The summed E-state index contributed by atoms with van der Waals surface area (Å²) in [6.45, 7) is 4.42. The van der Waals surface area contributed by atoms with Gasteiger partial charge in [0.25, 0.3) is 11.8 Å². The number of rotatable bonds is 6. The van der Waals surface area contributed by atoms with Gasteiger partial charge in [0.2, 0.25) is 5.76 Å². The minimum absolute atomic E-state index is 0.0722. The molecule has 2 aromatic carbocycles. The summed E-state index contributed by atoms with van der Waals surface area (Å²) < 4.78 is 5.77. The highest BCUT2D eigenvalue weighted by Crippen LogP contribution is 2.34. The first kappa shape index (κ1) is 19.8. The Morgan fingerprint density at radius 3 is 2.35 bits per heavy atom. The van der Waals surface area contributed by atoms with Crippen LogP contribution in [-0.2, 0) is 0 Å². The molecule has 1 aromatic heterocycles. The number of nitrogens with two attached hydrogens (primary N) is 1. The molecule has 3 heterocycles. The summed E-state index contributed by atoms with van der Waals surface area (Å²) in [6, 6.07) is 17.5. The zero-order valence-corrected chi connectivity index (χ0v) is 17.4. The number of fused-ring (bicyclic) bond motifs is 2. The van der Waals surface area contributed by atoms with Crippen LogP contribution >= 0.6 is 0 Å². The number of para-hydroxylation sites is 1. The Morgan fingerprint density at radius 2 is 1.65 bits per heavy atom. The Bertz CT molecular complexity index is 1090. The van der Waals surface area contributed by atoms with E-state index in [4.69, 9.17) is 10.2 Å². The largest absolute Gasteiger partial charge is 0.450 e. The Labute approximate surface area is 181 Å². The summed E-state index contributed by atoms with van der Waals surface area (Å²) in [7, 11) is 0. The summed E-state index contributed by atoms with van der Waals surface area (Å²) in [6.07, 6.45) is 3.30. The number of benzene rings is 2. The topological polar surface area (TPSA) is 79.8 Å². The maximum Gasteiger partial charge on any atom is 0.290 e. The summed E-state index contributed by atoms with van der Waals surface area (Å²) in [4.78, 5) is 29.5. The van der Waals surface area contributed by atoms with Crippen LogP contribution in [0.3, 0.4) is 0 Å². The van der Waals surface area contributed by atoms with Crippen molar-refractivity contribution in [1.29, 1.82) is 0 Å². The Hall–Kier alpha value is -3.12. The second kappa shape index (κ2) is 8.19. The van der Waals surface area contributed by atoms with E-state index in [1.807, 2.05) is 23.1 Å². The van der Waals surface area contributed by atoms with Crippen LogP contribution < -0.4 is 5.73 Å². The zero-order valence-electron chi connectivity index (χ0n) is 17.4. The molecule has 159 valence electrons. The van der Waals surface area contributed by atoms with Crippen molar-refractivity contribution in [3.63, 3.8) is 0 Å². The number of carbonyl (C=O) groups is 2. The molecule has 2 saturated heterocycles. The molecular weight excluding hydrogens is 390 g/mol. The summed E-state index contributed by atoms with van der Waals surface area (Å²) in [5.74, 6) is 0.129. The van der Waals surface area contributed by atoms with Crippen LogP contribution in [-0.4, -0.2) is 54.3 Å². The number of nitrogens with zero attached hydrogens (tertiary/aromatic N) is 2. The molecule has 2 atom stereocenters. The van der Waals surface area contributed by atoms with E-state index in [9.17, 15) is 9.59 Å². The van der Waals surface area contributed by atoms with Gasteiger partial charge in [-0.1, -0.05) is 48.5 Å². The molecule has 0 bridgehead atoms. The normalized spacial score (nSPS) is 21.0. The van der Waals surface area contributed by atoms with Crippen molar-refractivity contribution in [3.05, 3.63) is 77.9 Å². The van der Waals surface area contributed by atoms with Crippen molar-refractivity contribution in [2.45, 2.75) is 6.42 Å². The lowest BCUT2D eigenvalue weighted by Gasteiger charge is -2.21. The number of amides is 2. The van der Waals surface area contributed by atoms with E-state index in [0.717, 1.165) is 26.1 Å². The van der Waals surface area contributed by atoms with Gasteiger partial charge in [0.15, 0.2) is 0 Å². The second-order valence-electron chi connectivity index (χ2n) is 8.56. The second-order valence-corrected chi connectivity index (χ2v) is 8.56. The van der Waals surface area contributed by atoms with Crippen LogP contribution in [0.15, 0.2) is 59.0 Å². The van der Waals surface area contributed by atoms with Gasteiger partial charge in [0, 0.05) is 31.6 Å². The molecule has 1 radical (unpaired) electrons. The average Bonchev–Trinajstić information content (AvgIpc) is 3.45. The molecular formula is C25H26N3O3. The number of primary amides is 1. The van der Waals surface area contributed by atoms with E-state index >= 15 is 0 Å².